The van der Waals surface area contributed by atoms with Gasteiger partial charge in [0, 0.05) is 38.1 Å². The fourth-order valence-electron chi connectivity index (χ4n) is 4.31. The van der Waals surface area contributed by atoms with Crippen molar-refractivity contribution in [3.05, 3.63) is 24.3 Å². The zero-order valence-electron chi connectivity index (χ0n) is 15.4. The summed E-state index contributed by atoms with van der Waals surface area (Å²) >= 11 is 1.75. The number of para-hydroxylation sites is 1. The quantitative estimate of drug-likeness (QED) is 0.899. The molecule has 0 aliphatic carbocycles. The SMILES string of the molecule is CC1CCN(C(=O)C2CCN(c3nc4ccccc4s3)CC2)C(CN)C1. The van der Waals surface area contributed by atoms with E-state index in [2.05, 4.69) is 34.9 Å². The minimum Gasteiger partial charge on any atom is -0.348 e. The predicted octanol–water partition coefficient (Wildman–Crippen LogP) is 3.10. The number of thiazole rings is 1. The van der Waals surface area contributed by atoms with Crippen LogP contribution in [0.4, 0.5) is 5.13 Å². The van der Waals surface area contributed by atoms with Crippen LogP contribution in [0, 0.1) is 11.8 Å². The summed E-state index contributed by atoms with van der Waals surface area (Å²) < 4.78 is 1.23. The lowest BCUT2D eigenvalue weighted by Gasteiger charge is -2.41. The van der Waals surface area contributed by atoms with E-state index in [-0.39, 0.29) is 12.0 Å². The van der Waals surface area contributed by atoms with Gasteiger partial charge in [-0.25, -0.2) is 4.98 Å². The Kier molecular flexibility index (Phi) is 5.14. The fraction of sp³-hybridized carbons (Fsp3) is 0.600. The maximum absolute atomic E-state index is 13.1. The molecular weight excluding hydrogens is 344 g/mol. The van der Waals surface area contributed by atoms with Crippen molar-refractivity contribution in [1.29, 1.82) is 0 Å². The highest BCUT2D eigenvalue weighted by atomic mass is 32.1. The Morgan fingerprint density at radius 2 is 2.00 bits per heavy atom. The second-order valence-electron chi connectivity index (χ2n) is 7.78. The highest BCUT2D eigenvalue weighted by Gasteiger charge is 2.34. The summed E-state index contributed by atoms with van der Waals surface area (Å²) in [5.74, 6) is 1.15. The molecule has 2 aliphatic rings. The van der Waals surface area contributed by atoms with Gasteiger partial charge in [-0.2, -0.15) is 0 Å². The van der Waals surface area contributed by atoms with Crippen LogP contribution in [-0.4, -0.2) is 48.0 Å². The topological polar surface area (TPSA) is 62.5 Å². The molecule has 0 saturated carbocycles. The number of amides is 1. The standard InChI is InChI=1S/C20H28N4OS/c1-14-6-11-24(16(12-14)13-21)19(25)15-7-9-23(10-8-15)20-22-17-4-2-3-5-18(17)26-20/h2-5,14-16H,6-13,21H2,1H3. The lowest BCUT2D eigenvalue weighted by atomic mass is 9.89. The molecule has 5 nitrogen and oxygen atoms in total. The van der Waals surface area contributed by atoms with E-state index in [0.717, 1.165) is 56.0 Å². The molecule has 2 aromatic rings. The number of benzene rings is 1. The molecule has 2 aliphatic heterocycles. The number of rotatable bonds is 3. The molecule has 2 saturated heterocycles. The maximum atomic E-state index is 13.1. The number of likely N-dealkylation sites (tertiary alicyclic amines) is 1. The summed E-state index contributed by atoms with van der Waals surface area (Å²) in [5, 5.41) is 1.09. The second-order valence-corrected chi connectivity index (χ2v) is 8.79. The predicted molar refractivity (Wildman–Crippen MR) is 108 cm³/mol. The Morgan fingerprint density at radius 3 is 2.73 bits per heavy atom. The number of carbonyl (C=O) groups is 1. The van der Waals surface area contributed by atoms with E-state index in [1.807, 2.05) is 6.07 Å². The van der Waals surface area contributed by atoms with Crippen molar-refractivity contribution >= 4 is 32.6 Å². The molecule has 1 aromatic heterocycles. The lowest BCUT2D eigenvalue weighted by molar-refractivity contribution is -0.140. The van der Waals surface area contributed by atoms with E-state index in [0.29, 0.717) is 18.4 Å². The van der Waals surface area contributed by atoms with Gasteiger partial charge in [-0.1, -0.05) is 30.4 Å². The number of fused-ring (bicyclic) bond motifs is 1. The number of nitrogens with zero attached hydrogens (tertiary/aromatic N) is 3. The van der Waals surface area contributed by atoms with E-state index in [9.17, 15) is 4.79 Å². The van der Waals surface area contributed by atoms with Gasteiger partial charge >= 0.3 is 0 Å². The van der Waals surface area contributed by atoms with Gasteiger partial charge in [-0.05, 0) is 43.7 Å². The van der Waals surface area contributed by atoms with Crippen molar-refractivity contribution in [2.45, 2.75) is 38.6 Å². The summed E-state index contributed by atoms with van der Waals surface area (Å²) in [4.78, 5) is 22.2. The normalized spacial score (nSPS) is 25.0. The van der Waals surface area contributed by atoms with Crippen molar-refractivity contribution in [1.82, 2.24) is 9.88 Å². The molecule has 4 rings (SSSR count). The number of piperidine rings is 2. The Balaban J connectivity index is 1.39. The average molecular weight is 373 g/mol. The summed E-state index contributed by atoms with van der Waals surface area (Å²) in [7, 11) is 0. The van der Waals surface area contributed by atoms with Crippen LogP contribution in [-0.2, 0) is 4.79 Å². The molecule has 26 heavy (non-hydrogen) atoms. The van der Waals surface area contributed by atoms with E-state index in [1.165, 1.54) is 4.70 Å². The van der Waals surface area contributed by atoms with Crippen LogP contribution in [0.25, 0.3) is 10.2 Å². The molecule has 0 radical (unpaired) electrons. The van der Waals surface area contributed by atoms with Crippen LogP contribution in [0.15, 0.2) is 24.3 Å². The third-order valence-electron chi connectivity index (χ3n) is 5.93. The van der Waals surface area contributed by atoms with E-state index in [4.69, 9.17) is 10.7 Å². The van der Waals surface area contributed by atoms with Crippen molar-refractivity contribution in [2.75, 3.05) is 31.1 Å². The fourth-order valence-corrected chi connectivity index (χ4v) is 5.33. The molecular formula is C20H28N4OS. The van der Waals surface area contributed by atoms with E-state index < -0.39 is 0 Å². The molecule has 140 valence electrons. The van der Waals surface area contributed by atoms with Crippen LogP contribution < -0.4 is 10.6 Å². The van der Waals surface area contributed by atoms with E-state index in [1.54, 1.807) is 11.3 Å². The molecule has 2 fully saturated rings. The molecule has 0 bridgehead atoms. The number of aromatic nitrogens is 1. The van der Waals surface area contributed by atoms with Crippen molar-refractivity contribution in [3.8, 4) is 0 Å². The first-order valence-electron chi connectivity index (χ1n) is 9.76. The van der Waals surface area contributed by atoms with Gasteiger partial charge in [0.05, 0.1) is 10.2 Å². The van der Waals surface area contributed by atoms with Gasteiger partial charge in [-0.3, -0.25) is 4.79 Å². The highest BCUT2D eigenvalue weighted by Crippen LogP contribution is 2.32. The van der Waals surface area contributed by atoms with Crippen molar-refractivity contribution in [2.24, 2.45) is 17.6 Å². The largest absolute Gasteiger partial charge is 0.348 e. The van der Waals surface area contributed by atoms with Gasteiger partial charge in [0.1, 0.15) is 0 Å². The van der Waals surface area contributed by atoms with Gasteiger partial charge in [-0.15, -0.1) is 0 Å². The first-order valence-corrected chi connectivity index (χ1v) is 10.6. The Bertz CT molecular complexity index is 735. The zero-order chi connectivity index (χ0) is 18.1. The lowest BCUT2D eigenvalue weighted by Crippen LogP contribution is -2.52. The maximum Gasteiger partial charge on any atom is 0.226 e. The summed E-state index contributed by atoms with van der Waals surface area (Å²) in [6.07, 6.45) is 3.98. The Labute approximate surface area is 159 Å². The Hall–Kier alpha value is -1.66. The van der Waals surface area contributed by atoms with Gasteiger partial charge in [0.25, 0.3) is 0 Å². The monoisotopic (exact) mass is 372 g/mol. The minimum atomic E-state index is 0.142. The number of anilines is 1. The minimum absolute atomic E-state index is 0.142. The second kappa shape index (κ2) is 7.53. The first kappa shape index (κ1) is 17.7. The molecule has 1 amide bonds. The van der Waals surface area contributed by atoms with Crippen LogP contribution in [0.3, 0.4) is 0 Å². The number of carbonyl (C=O) groups excluding carboxylic acids is 1. The zero-order valence-corrected chi connectivity index (χ0v) is 16.3. The van der Waals surface area contributed by atoms with Crippen LogP contribution in [0.5, 0.6) is 0 Å². The highest BCUT2D eigenvalue weighted by molar-refractivity contribution is 7.22. The number of hydrogen-bond acceptors (Lipinski definition) is 5. The molecule has 2 atom stereocenters. The van der Waals surface area contributed by atoms with Crippen LogP contribution >= 0.6 is 11.3 Å². The molecule has 2 unspecified atom stereocenters. The van der Waals surface area contributed by atoms with E-state index >= 15 is 0 Å². The van der Waals surface area contributed by atoms with Gasteiger partial charge in [0.2, 0.25) is 5.91 Å². The smallest absolute Gasteiger partial charge is 0.226 e. The van der Waals surface area contributed by atoms with Crippen LogP contribution in [0.2, 0.25) is 0 Å². The van der Waals surface area contributed by atoms with Gasteiger partial charge < -0.3 is 15.5 Å². The summed E-state index contributed by atoms with van der Waals surface area (Å²) in [6, 6.07) is 8.51. The number of hydrogen-bond donors (Lipinski definition) is 1. The first-order chi connectivity index (χ1) is 12.7. The molecule has 1 aromatic carbocycles. The van der Waals surface area contributed by atoms with Crippen molar-refractivity contribution in [3.63, 3.8) is 0 Å². The Morgan fingerprint density at radius 1 is 1.23 bits per heavy atom. The van der Waals surface area contributed by atoms with Gasteiger partial charge in [0.15, 0.2) is 5.13 Å². The molecule has 3 heterocycles. The summed E-state index contributed by atoms with van der Waals surface area (Å²) in [6.45, 7) is 5.54. The molecule has 2 N–H and O–H groups in total. The third-order valence-corrected chi connectivity index (χ3v) is 7.03. The average Bonchev–Trinajstić information content (AvgIpc) is 3.11. The molecule has 0 spiro atoms. The third kappa shape index (κ3) is 3.45. The summed E-state index contributed by atoms with van der Waals surface area (Å²) in [5.41, 5.74) is 7.02. The molecule has 6 heteroatoms. The van der Waals surface area contributed by atoms with Crippen molar-refractivity contribution < 1.29 is 4.79 Å². The van der Waals surface area contributed by atoms with Crippen LogP contribution in [0.1, 0.15) is 32.6 Å². The number of nitrogens with two attached hydrogens (primary N) is 1.